The summed E-state index contributed by atoms with van der Waals surface area (Å²) < 4.78 is 24.3. The molecule has 0 aliphatic rings. The minimum atomic E-state index is -3.04. The highest BCUT2D eigenvalue weighted by atomic mass is 32.2. The first kappa shape index (κ1) is 12.7. The molecule has 0 radical (unpaired) electrons. The zero-order chi connectivity index (χ0) is 12.2. The molecule has 1 heterocycles. The number of carboxylic acids is 1. The summed E-state index contributed by atoms with van der Waals surface area (Å²) in [6.07, 6.45) is 3.24. The van der Waals surface area contributed by atoms with E-state index < -0.39 is 15.8 Å². The maximum absolute atomic E-state index is 11.4. The Balaban J connectivity index is 2.58. The van der Waals surface area contributed by atoms with Crippen LogP contribution in [0, 0.1) is 0 Å². The Bertz CT molecular complexity index is 464. The Hall–Kier alpha value is -1.37. The Morgan fingerprint density at radius 2 is 2.19 bits per heavy atom. The van der Waals surface area contributed by atoms with Crippen molar-refractivity contribution >= 4 is 15.8 Å². The van der Waals surface area contributed by atoms with E-state index in [9.17, 15) is 13.2 Å². The van der Waals surface area contributed by atoms with Gasteiger partial charge in [0.05, 0.1) is 12.1 Å². The molecule has 16 heavy (non-hydrogen) atoms. The first-order valence-electron chi connectivity index (χ1n) is 4.90. The third kappa shape index (κ3) is 3.65. The topological polar surface area (TPSA) is 89.3 Å². The maximum atomic E-state index is 11.4. The molecule has 0 aliphatic heterocycles. The van der Waals surface area contributed by atoms with Crippen LogP contribution < -0.4 is 0 Å². The summed E-state index contributed by atoms with van der Waals surface area (Å²) in [4.78, 5) is 14.2. The van der Waals surface area contributed by atoms with E-state index in [1.807, 2.05) is 0 Å². The number of nitrogens with zero attached hydrogens (tertiary/aromatic N) is 2. The summed E-state index contributed by atoms with van der Waals surface area (Å²) in [5.41, 5.74) is -0.0760. The zero-order valence-electron chi connectivity index (χ0n) is 8.96. The van der Waals surface area contributed by atoms with Gasteiger partial charge in [-0.1, -0.05) is 6.92 Å². The smallest absolute Gasteiger partial charge is 0.356 e. The van der Waals surface area contributed by atoms with Crippen molar-refractivity contribution in [3.63, 3.8) is 0 Å². The van der Waals surface area contributed by atoms with Gasteiger partial charge in [0.25, 0.3) is 0 Å². The van der Waals surface area contributed by atoms with E-state index in [0.717, 1.165) is 0 Å². The van der Waals surface area contributed by atoms with Crippen molar-refractivity contribution in [1.82, 2.24) is 9.55 Å². The first-order chi connectivity index (χ1) is 7.44. The third-order valence-electron chi connectivity index (χ3n) is 2.03. The van der Waals surface area contributed by atoms with Crippen molar-refractivity contribution in [2.75, 3.05) is 11.5 Å². The number of aryl methyl sites for hydroxylation is 1. The van der Waals surface area contributed by atoms with E-state index in [4.69, 9.17) is 5.11 Å². The highest BCUT2D eigenvalue weighted by Gasteiger charge is 2.11. The number of rotatable bonds is 6. The summed E-state index contributed by atoms with van der Waals surface area (Å²) in [6.45, 7) is 2.04. The van der Waals surface area contributed by atoms with Gasteiger partial charge >= 0.3 is 5.97 Å². The minimum absolute atomic E-state index is 0.0102. The number of carboxylic acid groups (broad SMARTS) is 1. The van der Waals surface area contributed by atoms with Crippen LogP contribution in [0.4, 0.5) is 0 Å². The Kier molecular flexibility index (Phi) is 4.05. The number of hydrogen-bond donors (Lipinski definition) is 1. The second kappa shape index (κ2) is 5.11. The molecule has 1 aromatic heterocycles. The molecule has 0 spiro atoms. The summed E-state index contributed by atoms with van der Waals surface area (Å²) in [6, 6.07) is 0. The van der Waals surface area contributed by atoms with Gasteiger partial charge in [0, 0.05) is 18.5 Å². The molecule has 0 saturated carbocycles. The molecule has 90 valence electrons. The molecule has 1 N–H and O–H groups in total. The normalized spacial score (nSPS) is 11.6. The van der Waals surface area contributed by atoms with Gasteiger partial charge in [0.15, 0.2) is 15.5 Å². The van der Waals surface area contributed by atoms with Crippen molar-refractivity contribution in [3.05, 3.63) is 18.2 Å². The molecular weight excluding hydrogens is 232 g/mol. The van der Waals surface area contributed by atoms with Gasteiger partial charge in [0.1, 0.15) is 0 Å². The summed E-state index contributed by atoms with van der Waals surface area (Å²) in [7, 11) is -3.04. The van der Waals surface area contributed by atoms with Gasteiger partial charge in [0.2, 0.25) is 0 Å². The highest BCUT2D eigenvalue weighted by Crippen LogP contribution is 1.99. The van der Waals surface area contributed by atoms with Crippen molar-refractivity contribution in [2.24, 2.45) is 0 Å². The lowest BCUT2D eigenvalue weighted by Gasteiger charge is -2.02. The van der Waals surface area contributed by atoms with Gasteiger partial charge < -0.3 is 9.67 Å². The minimum Gasteiger partial charge on any atom is -0.476 e. The SMILES string of the molecule is CCCS(=O)(=O)CCn1cnc(C(=O)O)c1. The molecule has 0 unspecified atom stereocenters. The van der Waals surface area contributed by atoms with Crippen LogP contribution in [-0.4, -0.2) is 40.6 Å². The Morgan fingerprint density at radius 1 is 1.50 bits per heavy atom. The molecule has 1 aromatic rings. The quantitative estimate of drug-likeness (QED) is 0.785. The summed E-state index contributed by atoms with van der Waals surface area (Å²) in [5, 5.41) is 8.62. The van der Waals surface area contributed by atoms with Gasteiger partial charge in [-0.25, -0.2) is 18.2 Å². The molecule has 0 saturated heterocycles. The first-order valence-corrected chi connectivity index (χ1v) is 6.72. The molecule has 0 amide bonds. The van der Waals surface area contributed by atoms with E-state index in [0.29, 0.717) is 6.42 Å². The molecule has 0 aliphatic carbocycles. The van der Waals surface area contributed by atoms with Gasteiger partial charge in [-0.3, -0.25) is 0 Å². The Labute approximate surface area is 93.8 Å². The summed E-state index contributed by atoms with van der Waals surface area (Å²) in [5.74, 6) is -0.945. The predicted molar refractivity (Wildman–Crippen MR) is 58.1 cm³/mol. The fourth-order valence-electron chi connectivity index (χ4n) is 1.25. The van der Waals surface area contributed by atoms with Crippen LogP contribution in [0.25, 0.3) is 0 Å². The fourth-order valence-corrected chi connectivity index (χ4v) is 2.57. The molecule has 1 rings (SSSR count). The number of hydrogen-bond acceptors (Lipinski definition) is 4. The van der Waals surface area contributed by atoms with Gasteiger partial charge in [-0.2, -0.15) is 0 Å². The predicted octanol–water partition coefficient (Wildman–Crippen LogP) is 0.406. The number of sulfone groups is 1. The van der Waals surface area contributed by atoms with Crippen LogP contribution in [-0.2, 0) is 16.4 Å². The van der Waals surface area contributed by atoms with E-state index in [1.165, 1.54) is 17.1 Å². The second-order valence-corrected chi connectivity index (χ2v) is 5.76. The van der Waals surface area contributed by atoms with E-state index in [2.05, 4.69) is 4.98 Å². The van der Waals surface area contributed by atoms with Gasteiger partial charge in [-0.15, -0.1) is 0 Å². The average Bonchev–Trinajstić information content (AvgIpc) is 2.63. The van der Waals surface area contributed by atoms with Crippen LogP contribution in [0.5, 0.6) is 0 Å². The van der Waals surface area contributed by atoms with Crippen LogP contribution in [0.15, 0.2) is 12.5 Å². The Morgan fingerprint density at radius 3 is 2.69 bits per heavy atom. The maximum Gasteiger partial charge on any atom is 0.356 e. The van der Waals surface area contributed by atoms with Crippen molar-refractivity contribution in [3.8, 4) is 0 Å². The molecule has 0 bridgehead atoms. The van der Waals surface area contributed by atoms with Crippen LogP contribution in [0.1, 0.15) is 23.8 Å². The van der Waals surface area contributed by atoms with Crippen molar-refractivity contribution in [1.29, 1.82) is 0 Å². The molecular formula is C9H14N2O4S. The van der Waals surface area contributed by atoms with Crippen LogP contribution in [0.2, 0.25) is 0 Å². The highest BCUT2D eigenvalue weighted by molar-refractivity contribution is 7.91. The molecule has 0 aromatic carbocycles. The van der Waals surface area contributed by atoms with E-state index >= 15 is 0 Å². The second-order valence-electron chi connectivity index (χ2n) is 3.45. The lowest BCUT2D eigenvalue weighted by Crippen LogP contribution is -2.15. The number of aromatic nitrogens is 2. The third-order valence-corrected chi connectivity index (χ3v) is 3.86. The van der Waals surface area contributed by atoms with Gasteiger partial charge in [-0.05, 0) is 6.42 Å². The monoisotopic (exact) mass is 246 g/mol. The number of imidazole rings is 1. The lowest BCUT2D eigenvalue weighted by atomic mass is 10.5. The molecule has 0 atom stereocenters. The van der Waals surface area contributed by atoms with E-state index in [-0.39, 0.29) is 23.7 Å². The lowest BCUT2D eigenvalue weighted by molar-refractivity contribution is 0.0691. The van der Waals surface area contributed by atoms with Crippen LogP contribution >= 0.6 is 0 Å². The van der Waals surface area contributed by atoms with E-state index in [1.54, 1.807) is 6.92 Å². The van der Waals surface area contributed by atoms with Crippen molar-refractivity contribution < 1.29 is 18.3 Å². The largest absolute Gasteiger partial charge is 0.476 e. The molecule has 0 fully saturated rings. The summed E-state index contributed by atoms with van der Waals surface area (Å²) >= 11 is 0. The zero-order valence-corrected chi connectivity index (χ0v) is 9.77. The average molecular weight is 246 g/mol. The fraction of sp³-hybridized carbons (Fsp3) is 0.556. The molecule has 6 nitrogen and oxygen atoms in total. The number of aromatic carboxylic acids is 1. The standard InChI is InChI=1S/C9H14N2O4S/c1-2-4-16(14,15)5-3-11-6-8(9(12)13)10-7-11/h6-7H,2-5H2,1H3,(H,12,13). The van der Waals surface area contributed by atoms with Crippen molar-refractivity contribution in [2.45, 2.75) is 19.9 Å². The number of carbonyl (C=O) groups is 1. The molecule has 7 heteroatoms. The van der Waals surface area contributed by atoms with Crippen LogP contribution in [0.3, 0.4) is 0 Å².